The summed E-state index contributed by atoms with van der Waals surface area (Å²) in [6.07, 6.45) is 1.56. The maximum atomic E-state index is 12.8. The van der Waals surface area contributed by atoms with Gasteiger partial charge in [-0.15, -0.1) is 0 Å². The average molecular weight is 208 g/mol. The van der Waals surface area contributed by atoms with Crippen molar-refractivity contribution in [2.45, 2.75) is 24.8 Å². The van der Waals surface area contributed by atoms with Gasteiger partial charge in [-0.05, 0) is 19.4 Å². The molecule has 1 unspecified atom stereocenters. The van der Waals surface area contributed by atoms with E-state index in [0.717, 1.165) is 12.8 Å². The van der Waals surface area contributed by atoms with E-state index in [0.29, 0.717) is 13.1 Å². The van der Waals surface area contributed by atoms with Gasteiger partial charge in [0.05, 0.1) is 6.54 Å². The lowest BCUT2D eigenvalue weighted by atomic mass is 10.1. The van der Waals surface area contributed by atoms with Crippen LogP contribution in [-0.4, -0.2) is 47.6 Å². The predicted molar refractivity (Wildman–Crippen MR) is 46.2 cm³/mol. The third-order valence-electron chi connectivity index (χ3n) is 2.28. The number of carbonyl (C=O) groups is 1. The molecule has 0 aromatic carbocycles. The number of nitrogens with zero attached hydrogens (tertiary/aromatic N) is 1. The summed E-state index contributed by atoms with van der Waals surface area (Å²) in [5.74, 6) is -5.74. The van der Waals surface area contributed by atoms with Crippen molar-refractivity contribution in [3.63, 3.8) is 0 Å². The topological polar surface area (TPSA) is 66.6 Å². The van der Waals surface area contributed by atoms with Gasteiger partial charge in [0.25, 0.3) is 0 Å². The Morgan fingerprint density at radius 3 is 2.79 bits per heavy atom. The first-order valence-corrected chi connectivity index (χ1v) is 4.51. The minimum absolute atomic E-state index is 0.117. The summed E-state index contributed by atoms with van der Waals surface area (Å²) in [5, 5.41) is 8.23. The van der Waals surface area contributed by atoms with Crippen molar-refractivity contribution >= 4 is 5.97 Å². The number of piperidine rings is 1. The van der Waals surface area contributed by atoms with Crippen LogP contribution in [0.3, 0.4) is 0 Å². The van der Waals surface area contributed by atoms with E-state index in [2.05, 4.69) is 0 Å². The first kappa shape index (κ1) is 11.3. The van der Waals surface area contributed by atoms with Gasteiger partial charge in [0, 0.05) is 12.6 Å². The van der Waals surface area contributed by atoms with E-state index < -0.39 is 18.4 Å². The van der Waals surface area contributed by atoms with E-state index in [1.54, 1.807) is 0 Å². The molecule has 0 aromatic heterocycles. The molecule has 0 radical (unpaired) electrons. The second-order valence-corrected chi connectivity index (χ2v) is 3.65. The van der Waals surface area contributed by atoms with E-state index in [1.165, 1.54) is 4.90 Å². The number of hydrogen-bond donors (Lipinski definition) is 2. The van der Waals surface area contributed by atoms with Crippen LogP contribution < -0.4 is 5.73 Å². The highest BCUT2D eigenvalue weighted by Crippen LogP contribution is 2.18. The Balaban J connectivity index is 2.47. The lowest BCUT2D eigenvalue weighted by Crippen LogP contribution is -2.49. The van der Waals surface area contributed by atoms with Crippen molar-refractivity contribution in [2.24, 2.45) is 5.73 Å². The van der Waals surface area contributed by atoms with Crippen LogP contribution >= 0.6 is 0 Å². The molecule has 0 spiro atoms. The quantitative estimate of drug-likeness (QED) is 0.691. The molecule has 1 saturated heterocycles. The van der Waals surface area contributed by atoms with Crippen molar-refractivity contribution < 1.29 is 18.7 Å². The van der Waals surface area contributed by atoms with Crippen molar-refractivity contribution in [1.82, 2.24) is 4.90 Å². The Labute approximate surface area is 80.7 Å². The zero-order valence-corrected chi connectivity index (χ0v) is 7.75. The van der Waals surface area contributed by atoms with Crippen molar-refractivity contribution in [3.05, 3.63) is 0 Å². The molecule has 1 heterocycles. The lowest BCUT2D eigenvalue weighted by Gasteiger charge is -2.31. The molecule has 1 fully saturated rings. The molecular formula is C8H14F2N2O2. The van der Waals surface area contributed by atoms with Crippen LogP contribution in [0.4, 0.5) is 8.78 Å². The highest BCUT2D eigenvalue weighted by Gasteiger charge is 2.41. The lowest BCUT2D eigenvalue weighted by molar-refractivity contribution is -0.167. The summed E-state index contributed by atoms with van der Waals surface area (Å²) in [6.45, 7) is 0.107. The van der Waals surface area contributed by atoms with Gasteiger partial charge < -0.3 is 10.8 Å². The molecule has 6 heteroatoms. The molecule has 1 rings (SSSR count). The van der Waals surface area contributed by atoms with Gasteiger partial charge in [0.1, 0.15) is 0 Å². The first-order valence-electron chi connectivity index (χ1n) is 4.51. The molecular weight excluding hydrogens is 194 g/mol. The third kappa shape index (κ3) is 2.88. The fourth-order valence-electron chi connectivity index (χ4n) is 1.58. The Kier molecular flexibility index (Phi) is 3.38. The number of rotatable bonds is 3. The number of aliphatic carboxylic acids is 1. The largest absolute Gasteiger partial charge is 0.477 e. The van der Waals surface area contributed by atoms with Gasteiger partial charge in [0.2, 0.25) is 0 Å². The molecule has 14 heavy (non-hydrogen) atoms. The average Bonchev–Trinajstić information content (AvgIpc) is 2.02. The fourth-order valence-corrected chi connectivity index (χ4v) is 1.58. The van der Waals surface area contributed by atoms with Gasteiger partial charge >= 0.3 is 11.9 Å². The summed E-state index contributed by atoms with van der Waals surface area (Å²) >= 11 is 0. The van der Waals surface area contributed by atoms with E-state index in [4.69, 9.17) is 10.8 Å². The van der Waals surface area contributed by atoms with Crippen LogP contribution in [-0.2, 0) is 4.79 Å². The van der Waals surface area contributed by atoms with Crippen molar-refractivity contribution in [1.29, 1.82) is 0 Å². The van der Waals surface area contributed by atoms with Crippen LogP contribution in [0.25, 0.3) is 0 Å². The summed E-state index contributed by atoms with van der Waals surface area (Å²) in [6, 6.07) is -0.117. The van der Waals surface area contributed by atoms with Gasteiger partial charge in [-0.2, -0.15) is 8.78 Å². The molecule has 4 nitrogen and oxygen atoms in total. The summed E-state index contributed by atoms with van der Waals surface area (Å²) in [5.41, 5.74) is 5.59. The van der Waals surface area contributed by atoms with Crippen LogP contribution in [0.1, 0.15) is 12.8 Å². The van der Waals surface area contributed by atoms with Gasteiger partial charge in [-0.25, -0.2) is 4.79 Å². The van der Waals surface area contributed by atoms with Crippen LogP contribution in [0.2, 0.25) is 0 Å². The number of hydrogen-bond acceptors (Lipinski definition) is 3. The molecule has 0 aliphatic carbocycles. The van der Waals surface area contributed by atoms with Gasteiger partial charge in [-0.3, -0.25) is 4.90 Å². The molecule has 82 valence electrons. The standard InChI is InChI=1S/C8H14F2N2O2/c9-8(10,7(13)14)5-12-3-1-2-6(11)4-12/h6H,1-5,11H2,(H,13,14). The Morgan fingerprint density at radius 2 is 2.29 bits per heavy atom. The molecule has 0 aromatic rings. The SMILES string of the molecule is NC1CCCN(CC(F)(F)C(=O)O)C1. The van der Waals surface area contributed by atoms with E-state index >= 15 is 0 Å². The van der Waals surface area contributed by atoms with E-state index in [-0.39, 0.29) is 6.04 Å². The van der Waals surface area contributed by atoms with Crippen LogP contribution in [0.15, 0.2) is 0 Å². The molecule has 1 aliphatic rings. The maximum Gasteiger partial charge on any atom is 0.375 e. The predicted octanol–water partition coefficient (Wildman–Crippen LogP) is 0.129. The Bertz CT molecular complexity index is 223. The minimum atomic E-state index is -3.67. The number of carboxylic acids is 1. The van der Waals surface area contributed by atoms with Crippen LogP contribution in [0.5, 0.6) is 0 Å². The molecule has 0 amide bonds. The normalized spacial score (nSPS) is 24.9. The summed E-state index contributed by atoms with van der Waals surface area (Å²) < 4.78 is 25.6. The molecule has 0 saturated carbocycles. The number of likely N-dealkylation sites (tertiary alicyclic amines) is 1. The summed E-state index contributed by atoms with van der Waals surface area (Å²) in [4.78, 5) is 11.6. The second kappa shape index (κ2) is 4.18. The third-order valence-corrected chi connectivity index (χ3v) is 2.28. The maximum absolute atomic E-state index is 12.8. The van der Waals surface area contributed by atoms with E-state index in [9.17, 15) is 13.6 Å². The van der Waals surface area contributed by atoms with E-state index in [1.807, 2.05) is 0 Å². The van der Waals surface area contributed by atoms with Crippen molar-refractivity contribution in [2.75, 3.05) is 19.6 Å². The molecule has 1 aliphatic heterocycles. The van der Waals surface area contributed by atoms with Crippen molar-refractivity contribution in [3.8, 4) is 0 Å². The highest BCUT2D eigenvalue weighted by atomic mass is 19.3. The number of halogens is 2. The van der Waals surface area contributed by atoms with Crippen LogP contribution in [0, 0.1) is 0 Å². The molecule has 3 N–H and O–H groups in total. The Morgan fingerprint density at radius 1 is 1.64 bits per heavy atom. The zero-order chi connectivity index (χ0) is 10.8. The molecule has 1 atom stereocenters. The first-order chi connectivity index (χ1) is 6.42. The zero-order valence-electron chi connectivity index (χ0n) is 7.75. The fraction of sp³-hybridized carbons (Fsp3) is 0.875. The van der Waals surface area contributed by atoms with Gasteiger partial charge in [-0.1, -0.05) is 0 Å². The smallest absolute Gasteiger partial charge is 0.375 e. The highest BCUT2D eigenvalue weighted by molar-refractivity contribution is 5.75. The second-order valence-electron chi connectivity index (χ2n) is 3.65. The monoisotopic (exact) mass is 208 g/mol. The minimum Gasteiger partial charge on any atom is -0.477 e. The number of carboxylic acid groups (broad SMARTS) is 1. The summed E-state index contributed by atoms with van der Waals surface area (Å²) in [7, 11) is 0. The Hall–Kier alpha value is -0.750. The number of nitrogens with two attached hydrogens (primary N) is 1. The molecule has 0 bridgehead atoms. The van der Waals surface area contributed by atoms with Gasteiger partial charge in [0.15, 0.2) is 0 Å². The number of alkyl halides is 2.